The van der Waals surface area contributed by atoms with Crippen LogP contribution in [0.15, 0.2) is 5.11 Å². The molecule has 1 fully saturated rings. The van der Waals surface area contributed by atoms with E-state index in [-0.39, 0.29) is 72.1 Å². The van der Waals surface area contributed by atoms with Gasteiger partial charge in [-0.25, -0.2) is 16.8 Å². The molecule has 3 atom stereocenters. The maximum absolute atomic E-state index is 10.5. The Morgan fingerprint density at radius 1 is 1.23 bits per heavy atom. The van der Waals surface area contributed by atoms with E-state index in [4.69, 9.17) is 10.3 Å². The third-order valence-electron chi connectivity index (χ3n) is 2.27. The Labute approximate surface area is 171 Å². The molecule has 0 amide bonds. The third-order valence-corrected chi connectivity index (χ3v) is 3.17. The molecule has 0 aromatic rings. The Morgan fingerprint density at radius 3 is 2.27 bits per heavy atom. The molecule has 0 bridgehead atoms. The second-order valence-electron chi connectivity index (χ2n) is 3.70. The van der Waals surface area contributed by atoms with Gasteiger partial charge in [0.1, 0.15) is 0 Å². The summed E-state index contributed by atoms with van der Waals surface area (Å²) in [6.07, 6.45) is -2.64. The zero-order valence-corrected chi connectivity index (χ0v) is 17.3. The molecule has 0 saturated carbocycles. The van der Waals surface area contributed by atoms with E-state index in [0.29, 0.717) is 0 Å². The second-order valence-corrected chi connectivity index (χ2v) is 5.76. The molecule has 1 aliphatic heterocycles. The smallest absolute Gasteiger partial charge is 0.726 e. The van der Waals surface area contributed by atoms with E-state index in [0.717, 1.165) is 0 Å². The van der Waals surface area contributed by atoms with Gasteiger partial charge < -0.3 is 13.8 Å². The van der Waals surface area contributed by atoms with Gasteiger partial charge in [-0.05, 0) is 5.53 Å². The molecule has 0 spiro atoms. The SMILES string of the molecule is [N-]=[N+]=NC1COC(COS(=O)(=O)[O-])CC1OS(=O)(=O)[O-].[Na+].[Na+]. The first-order chi connectivity index (χ1) is 9.11. The van der Waals surface area contributed by atoms with Crippen LogP contribution < -0.4 is 59.1 Å². The fourth-order valence-electron chi connectivity index (χ4n) is 1.53. The summed E-state index contributed by atoms with van der Waals surface area (Å²) in [5.41, 5.74) is 8.28. The van der Waals surface area contributed by atoms with Crippen molar-refractivity contribution in [3.8, 4) is 0 Å². The van der Waals surface area contributed by atoms with E-state index in [1.54, 1.807) is 0 Å². The summed E-state index contributed by atoms with van der Waals surface area (Å²) < 4.78 is 75.6. The first-order valence-corrected chi connectivity index (χ1v) is 7.67. The van der Waals surface area contributed by atoms with Crippen LogP contribution >= 0.6 is 0 Å². The monoisotopic (exact) mass is 377 g/mol. The van der Waals surface area contributed by atoms with E-state index in [1.807, 2.05) is 0 Å². The summed E-state index contributed by atoms with van der Waals surface area (Å²) in [6, 6.07) is -1.08. The first-order valence-electron chi connectivity index (χ1n) is 5.01. The number of ether oxygens (including phenoxy) is 1. The average molecular weight is 377 g/mol. The van der Waals surface area contributed by atoms with Crippen molar-refractivity contribution in [1.82, 2.24) is 0 Å². The van der Waals surface area contributed by atoms with Crippen molar-refractivity contribution in [3.05, 3.63) is 10.4 Å². The molecule has 1 rings (SSSR count). The van der Waals surface area contributed by atoms with Gasteiger partial charge >= 0.3 is 59.1 Å². The van der Waals surface area contributed by atoms with Gasteiger partial charge in [-0.2, -0.15) is 0 Å². The zero-order valence-electron chi connectivity index (χ0n) is 11.7. The van der Waals surface area contributed by atoms with Crippen LogP contribution in [0, 0.1) is 0 Å². The zero-order chi connectivity index (χ0) is 15.4. The third kappa shape index (κ3) is 10.7. The van der Waals surface area contributed by atoms with Gasteiger partial charge in [0.2, 0.25) is 20.8 Å². The Morgan fingerprint density at radius 2 is 1.82 bits per heavy atom. The van der Waals surface area contributed by atoms with Crippen molar-refractivity contribution in [2.75, 3.05) is 13.2 Å². The Hall–Kier alpha value is 1.01. The molecule has 1 aliphatic rings. The standard InChI is InChI=1S/C6H11N3O9S2.2Na/c7-9-8-5-3-16-4(2-17-19(10,11)12)1-6(5)18-20(13,14)15;;/h4-6H,1-3H2,(H,10,11,12)(H,13,14,15);;/q;2*+1/p-2. The van der Waals surface area contributed by atoms with E-state index in [1.165, 1.54) is 0 Å². The fraction of sp³-hybridized carbons (Fsp3) is 1.00. The molecule has 0 N–H and O–H groups in total. The van der Waals surface area contributed by atoms with Crippen LogP contribution in [0.4, 0.5) is 0 Å². The predicted molar refractivity (Wildman–Crippen MR) is 57.5 cm³/mol. The Kier molecular flexibility index (Phi) is 12.4. The quantitative estimate of drug-likeness (QED) is 0.108. The molecule has 22 heavy (non-hydrogen) atoms. The minimum atomic E-state index is -5.05. The van der Waals surface area contributed by atoms with Gasteiger partial charge in [-0.1, -0.05) is 5.11 Å². The van der Waals surface area contributed by atoms with E-state index >= 15 is 0 Å². The average Bonchev–Trinajstić information content (AvgIpc) is 2.26. The molecule has 1 heterocycles. The Bertz CT molecular complexity index is 590. The molecule has 0 aromatic heterocycles. The Balaban J connectivity index is 0. The van der Waals surface area contributed by atoms with Gasteiger partial charge in [-0.3, -0.25) is 8.37 Å². The van der Waals surface area contributed by atoms with Crippen LogP contribution in [0.25, 0.3) is 10.4 Å². The van der Waals surface area contributed by atoms with Crippen LogP contribution in [-0.4, -0.2) is 57.4 Å². The van der Waals surface area contributed by atoms with Crippen molar-refractivity contribution >= 4 is 20.8 Å². The van der Waals surface area contributed by atoms with Crippen LogP contribution in [0.2, 0.25) is 0 Å². The van der Waals surface area contributed by atoms with E-state index in [2.05, 4.69) is 18.4 Å². The molecule has 116 valence electrons. The number of hydrogen-bond donors (Lipinski definition) is 0. The predicted octanol–water partition coefficient (Wildman–Crippen LogP) is -7.22. The van der Waals surface area contributed by atoms with Crippen molar-refractivity contribution in [2.24, 2.45) is 5.11 Å². The summed E-state index contributed by atoms with van der Waals surface area (Å²) in [6.45, 7) is -0.995. The van der Waals surface area contributed by atoms with Gasteiger partial charge in [0.25, 0.3) is 0 Å². The van der Waals surface area contributed by atoms with Gasteiger partial charge in [0.05, 0.1) is 31.5 Å². The summed E-state index contributed by atoms with van der Waals surface area (Å²) in [5.74, 6) is 0. The maximum atomic E-state index is 10.5. The molecule has 0 aromatic carbocycles. The largest absolute Gasteiger partial charge is 1.00 e. The molecule has 1 saturated heterocycles. The molecule has 0 radical (unpaired) electrons. The number of azide groups is 1. The minimum absolute atomic E-state index is 0. The van der Waals surface area contributed by atoms with Crippen LogP contribution in [-0.2, 0) is 33.9 Å². The van der Waals surface area contributed by atoms with Crippen LogP contribution in [0.5, 0.6) is 0 Å². The number of rotatable bonds is 6. The van der Waals surface area contributed by atoms with Crippen molar-refractivity contribution < 1.29 is 98.2 Å². The van der Waals surface area contributed by atoms with Crippen LogP contribution in [0.1, 0.15) is 6.42 Å². The van der Waals surface area contributed by atoms with Crippen molar-refractivity contribution in [3.63, 3.8) is 0 Å². The first kappa shape index (κ1) is 25.3. The summed E-state index contributed by atoms with van der Waals surface area (Å²) in [5, 5.41) is 3.20. The topological polar surface area (TPSA) is 191 Å². The molecule has 16 heteroatoms. The number of nitrogens with zero attached hydrogens (tertiary/aromatic N) is 3. The van der Waals surface area contributed by atoms with Crippen molar-refractivity contribution in [1.29, 1.82) is 0 Å². The minimum Gasteiger partial charge on any atom is -0.726 e. The molecule has 3 unspecified atom stereocenters. The second kappa shape index (κ2) is 10.8. The maximum Gasteiger partial charge on any atom is 1.00 e. The molecule has 12 nitrogen and oxygen atoms in total. The summed E-state index contributed by atoms with van der Waals surface area (Å²) in [7, 11) is -9.98. The van der Waals surface area contributed by atoms with E-state index < -0.39 is 45.7 Å². The van der Waals surface area contributed by atoms with Gasteiger partial charge in [0, 0.05) is 11.3 Å². The molecule has 0 aliphatic carbocycles. The summed E-state index contributed by atoms with van der Waals surface area (Å²) in [4.78, 5) is 2.44. The molecular weight excluding hydrogens is 368 g/mol. The number of hydrogen-bond acceptors (Lipinski definition) is 10. The van der Waals surface area contributed by atoms with Gasteiger partial charge in [0.15, 0.2) is 0 Å². The fourth-order valence-corrected chi connectivity index (χ4v) is 2.36. The van der Waals surface area contributed by atoms with E-state index in [9.17, 15) is 25.9 Å². The van der Waals surface area contributed by atoms with Crippen molar-refractivity contribution in [2.45, 2.75) is 24.7 Å². The summed E-state index contributed by atoms with van der Waals surface area (Å²) >= 11 is 0. The normalized spacial score (nSPS) is 25.3. The molecular formula is C6H9N3Na2O9S2. The van der Waals surface area contributed by atoms with Gasteiger partial charge in [-0.15, -0.1) is 0 Å². The van der Waals surface area contributed by atoms with Crippen LogP contribution in [0.3, 0.4) is 0 Å².